The second-order valence-electron chi connectivity index (χ2n) is 2.94. The number of hydrogen-bond donors (Lipinski definition) is 2. The number of esters is 1. The Kier molecular flexibility index (Phi) is 3.49. The molecule has 0 aromatic heterocycles. The van der Waals surface area contributed by atoms with Gasteiger partial charge in [-0.05, 0) is 19.1 Å². The van der Waals surface area contributed by atoms with Crippen molar-refractivity contribution >= 4 is 17.3 Å². The SMILES string of the molecule is CCNc1cc(C(=O)OC)c(N)cc1F. The Morgan fingerprint density at radius 3 is 2.80 bits per heavy atom. The van der Waals surface area contributed by atoms with Gasteiger partial charge in [-0.1, -0.05) is 0 Å². The van der Waals surface area contributed by atoms with Crippen LogP contribution in [0.25, 0.3) is 0 Å². The third-order valence-corrected chi connectivity index (χ3v) is 1.91. The molecule has 0 spiro atoms. The molecule has 0 aliphatic rings. The van der Waals surface area contributed by atoms with Gasteiger partial charge in [-0.3, -0.25) is 0 Å². The second kappa shape index (κ2) is 4.63. The van der Waals surface area contributed by atoms with E-state index < -0.39 is 11.8 Å². The minimum Gasteiger partial charge on any atom is -0.465 e. The molecule has 0 heterocycles. The Hall–Kier alpha value is -1.78. The standard InChI is InChI=1S/C10H13FN2O2/c1-3-13-9-4-6(10(14)15-2)8(12)5-7(9)11/h4-5,13H,3,12H2,1-2H3. The number of halogens is 1. The summed E-state index contributed by atoms with van der Waals surface area (Å²) in [4.78, 5) is 11.2. The van der Waals surface area contributed by atoms with Gasteiger partial charge in [-0.25, -0.2) is 9.18 Å². The molecule has 0 bridgehead atoms. The molecular formula is C10H13FN2O2. The van der Waals surface area contributed by atoms with Gasteiger partial charge in [0.05, 0.1) is 18.4 Å². The van der Waals surface area contributed by atoms with Crippen LogP contribution in [-0.2, 0) is 4.74 Å². The largest absolute Gasteiger partial charge is 0.465 e. The third kappa shape index (κ3) is 2.37. The lowest BCUT2D eigenvalue weighted by Gasteiger charge is -2.09. The first-order valence-electron chi connectivity index (χ1n) is 4.51. The van der Waals surface area contributed by atoms with Gasteiger partial charge in [-0.15, -0.1) is 0 Å². The molecule has 82 valence electrons. The highest BCUT2D eigenvalue weighted by molar-refractivity contribution is 5.96. The Morgan fingerprint density at radius 1 is 1.60 bits per heavy atom. The molecule has 0 saturated carbocycles. The number of methoxy groups -OCH3 is 1. The van der Waals surface area contributed by atoms with Crippen LogP contribution in [0, 0.1) is 5.82 Å². The van der Waals surface area contributed by atoms with Gasteiger partial charge in [0, 0.05) is 12.2 Å². The molecule has 0 aliphatic heterocycles. The van der Waals surface area contributed by atoms with Gasteiger partial charge in [0.15, 0.2) is 0 Å². The fourth-order valence-electron chi connectivity index (χ4n) is 1.20. The van der Waals surface area contributed by atoms with Crippen LogP contribution in [-0.4, -0.2) is 19.6 Å². The van der Waals surface area contributed by atoms with Crippen molar-refractivity contribution in [3.63, 3.8) is 0 Å². The van der Waals surface area contributed by atoms with Crippen LogP contribution in [0.15, 0.2) is 12.1 Å². The van der Waals surface area contributed by atoms with E-state index in [4.69, 9.17) is 5.73 Å². The molecular weight excluding hydrogens is 199 g/mol. The first-order valence-corrected chi connectivity index (χ1v) is 4.51. The summed E-state index contributed by atoms with van der Waals surface area (Å²) in [5.74, 6) is -1.06. The van der Waals surface area contributed by atoms with Gasteiger partial charge in [-0.2, -0.15) is 0 Å². The van der Waals surface area contributed by atoms with Crippen LogP contribution in [0.3, 0.4) is 0 Å². The summed E-state index contributed by atoms with van der Waals surface area (Å²) in [5.41, 5.74) is 5.97. The predicted molar refractivity (Wildman–Crippen MR) is 56.3 cm³/mol. The minimum absolute atomic E-state index is 0.0704. The van der Waals surface area contributed by atoms with Crippen LogP contribution >= 0.6 is 0 Å². The van der Waals surface area contributed by atoms with Crippen LogP contribution in [0.4, 0.5) is 15.8 Å². The molecule has 1 aromatic rings. The van der Waals surface area contributed by atoms with Crippen molar-refractivity contribution in [2.45, 2.75) is 6.92 Å². The number of carbonyl (C=O) groups excluding carboxylic acids is 1. The minimum atomic E-state index is -0.577. The molecule has 0 radical (unpaired) electrons. The molecule has 4 nitrogen and oxygen atoms in total. The first kappa shape index (κ1) is 11.3. The van der Waals surface area contributed by atoms with E-state index in [-0.39, 0.29) is 16.9 Å². The monoisotopic (exact) mass is 212 g/mol. The van der Waals surface area contributed by atoms with Crippen LogP contribution in [0.5, 0.6) is 0 Å². The molecule has 15 heavy (non-hydrogen) atoms. The summed E-state index contributed by atoms with van der Waals surface area (Å²) < 4.78 is 17.8. The van der Waals surface area contributed by atoms with Gasteiger partial charge >= 0.3 is 5.97 Å². The van der Waals surface area contributed by atoms with E-state index in [9.17, 15) is 9.18 Å². The summed E-state index contributed by atoms with van der Waals surface area (Å²) in [6, 6.07) is 2.45. The molecule has 1 rings (SSSR count). The van der Waals surface area contributed by atoms with Crippen molar-refractivity contribution < 1.29 is 13.9 Å². The van der Waals surface area contributed by atoms with E-state index >= 15 is 0 Å². The number of hydrogen-bond acceptors (Lipinski definition) is 4. The molecule has 0 atom stereocenters. The van der Waals surface area contributed by atoms with Gasteiger partial charge in [0.1, 0.15) is 5.82 Å². The lowest BCUT2D eigenvalue weighted by atomic mass is 10.1. The fourth-order valence-corrected chi connectivity index (χ4v) is 1.20. The maximum absolute atomic E-state index is 13.3. The van der Waals surface area contributed by atoms with Crippen LogP contribution < -0.4 is 11.1 Å². The summed E-state index contributed by atoms with van der Waals surface area (Å²) in [5, 5.41) is 2.78. The van der Waals surface area contributed by atoms with E-state index in [2.05, 4.69) is 10.1 Å². The number of carbonyl (C=O) groups is 1. The number of nitrogens with one attached hydrogen (secondary N) is 1. The number of ether oxygens (including phenoxy) is 1. The first-order chi connectivity index (χ1) is 7.10. The highest BCUT2D eigenvalue weighted by Crippen LogP contribution is 2.22. The highest BCUT2D eigenvalue weighted by Gasteiger charge is 2.13. The number of nitrogen functional groups attached to an aromatic ring is 1. The summed E-state index contributed by atoms with van der Waals surface area (Å²) in [6.07, 6.45) is 0. The van der Waals surface area contributed by atoms with E-state index in [1.807, 2.05) is 6.92 Å². The van der Waals surface area contributed by atoms with Crippen LogP contribution in [0.1, 0.15) is 17.3 Å². The molecule has 3 N–H and O–H groups in total. The van der Waals surface area contributed by atoms with Crippen molar-refractivity contribution in [3.8, 4) is 0 Å². The van der Waals surface area contributed by atoms with Gasteiger partial charge in [0.25, 0.3) is 0 Å². The van der Waals surface area contributed by atoms with Gasteiger partial charge in [0.2, 0.25) is 0 Å². The van der Waals surface area contributed by atoms with Crippen molar-refractivity contribution in [2.75, 3.05) is 24.7 Å². The smallest absolute Gasteiger partial charge is 0.340 e. The second-order valence-corrected chi connectivity index (χ2v) is 2.94. The third-order valence-electron chi connectivity index (χ3n) is 1.91. The summed E-state index contributed by atoms with van der Waals surface area (Å²) in [6.45, 7) is 2.38. The predicted octanol–water partition coefficient (Wildman–Crippen LogP) is 1.63. The van der Waals surface area contributed by atoms with E-state index in [0.29, 0.717) is 6.54 Å². The van der Waals surface area contributed by atoms with E-state index in [1.54, 1.807) is 0 Å². The lowest BCUT2D eigenvalue weighted by Crippen LogP contribution is -2.08. The molecule has 1 aromatic carbocycles. The molecule has 5 heteroatoms. The van der Waals surface area contributed by atoms with Crippen molar-refractivity contribution in [1.82, 2.24) is 0 Å². The van der Waals surface area contributed by atoms with Crippen molar-refractivity contribution in [2.24, 2.45) is 0 Å². The molecule has 0 amide bonds. The maximum atomic E-state index is 13.3. The maximum Gasteiger partial charge on any atom is 0.340 e. The van der Waals surface area contributed by atoms with E-state index in [0.717, 1.165) is 6.07 Å². The molecule has 0 unspecified atom stereocenters. The molecule has 0 aliphatic carbocycles. The number of anilines is 2. The van der Waals surface area contributed by atoms with Crippen molar-refractivity contribution in [1.29, 1.82) is 0 Å². The number of nitrogens with two attached hydrogens (primary N) is 1. The Morgan fingerprint density at radius 2 is 2.27 bits per heavy atom. The average Bonchev–Trinajstić information content (AvgIpc) is 2.21. The normalized spacial score (nSPS) is 9.80. The van der Waals surface area contributed by atoms with E-state index in [1.165, 1.54) is 13.2 Å². The zero-order valence-electron chi connectivity index (χ0n) is 8.63. The molecule has 0 fully saturated rings. The highest BCUT2D eigenvalue weighted by atomic mass is 19.1. The van der Waals surface area contributed by atoms with Gasteiger partial charge < -0.3 is 15.8 Å². The number of rotatable bonds is 3. The Bertz CT molecular complexity index is 380. The zero-order chi connectivity index (χ0) is 11.4. The molecule has 0 saturated heterocycles. The Labute approximate surface area is 87.2 Å². The number of benzene rings is 1. The van der Waals surface area contributed by atoms with Crippen LogP contribution in [0.2, 0.25) is 0 Å². The zero-order valence-corrected chi connectivity index (χ0v) is 8.63. The fraction of sp³-hybridized carbons (Fsp3) is 0.300. The average molecular weight is 212 g/mol. The topological polar surface area (TPSA) is 64.3 Å². The summed E-state index contributed by atoms with van der Waals surface area (Å²) in [7, 11) is 1.25. The lowest BCUT2D eigenvalue weighted by molar-refractivity contribution is 0.0602. The quantitative estimate of drug-likeness (QED) is 0.590. The van der Waals surface area contributed by atoms with Crippen molar-refractivity contribution in [3.05, 3.63) is 23.5 Å². The summed E-state index contributed by atoms with van der Waals surface area (Å²) >= 11 is 0. The Balaban J connectivity index is 3.17.